The summed E-state index contributed by atoms with van der Waals surface area (Å²) in [7, 11) is 0. The summed E-state index contributed by atoms with van der Waals surface area (Å²) in [4.78, 5) is 0. The Bertz CT molecular complexity index is 117. The molecule has 13 heavy (non-hydrogen) atoms. The fourth-order valence-electron chi connectivity index (χ4n) is 2.04. The summed E-state index contributed by atoms with van der Waals surface area (Å²) in [5.41, 5.74) is 5.68. The molecule has 2 heteroatoms. The Morgan fingerprint density at radius 1 is 1.31 bits per heavy atom. The van der Waals surface area contributed by atoms with E-state index in [1.54, 1.807) is 0 Å². The lowest BCUT2D eigenvalue weighted by Crippen LogP contribution is -2.32. The molecule has 1 aliphatic rings. The van der Waals surface area contributed by atoms with Gasteiger partial charge in [0.15, 0.2) is 0 Å². The van der Waals surface area contributed by atoms with Crippen molar-refractivity contribution in [2.75, 3.05) is 6.54 Å². The average Bonchev–Trinajstić information content (AvgIpc) is 2.14. The third kappa shape index (κ3) is 5.27. The van der Waals surface area contributed by atoms with Crippen LogP contribution >= 0.6 is 0 Å². The Kier molecular flexibility index (Phi) is 5.40. The topological polar surface area (TPSA) is 38.0 Å². The summed E-state index contributed by atoms with van der Waals surface area (Å²) in [6.07, 6.45) is 9.44. The highest BCUT2D eigenvalue weighted by atomic mass is 14.9. The maximum atomic E-state index is 5.68. The van der Waals surface area contributed by atoms with Gasteiger partial charge in [0.1, 0.15) is 0 Å². The molecule has 1 aliphatic carbocycles. The van der Waals surface area contributed by atoms with Gasteiger partial charge >= 0.3 is 0 Å². The first-order valence-electron chi connectivity index (χ1n) is 5.78. The Morgan fingerprint density at radius 2 is 2.00 bits per heavy atom. The smallest absolute Gasteiger partial charge is 0.00670 e. The van der Waals surface area contributed by atoms with Crippen molar-refractivity contribution in [3.63, 3.8) is 0 Å². The molecular weight excluding hydrogens is 160 g/mol. The van der Waals surface area contributed by atoms with Gasteiger partial charge in [-0.15, -0.1) is 0 Å². The zero-order chi connectivity index (χ0) is 9.52. The number of nitrogens with one attached hydrogen (secondary N) is 1. The second kappa shape index (κ2) is 6.39. The van der Waals surface area contributed by atoms with Crippen LogP contribution in [0.2, 0.25) is 0 Å². The van der Waals surface area contributed by atoms with Crippen LogP contribution in [-0.4, -0.2) is 18.6 Å². The summed E-state index contributed by atoms with van der Waals surface area (Å²) >= 11 is 0. The molecule has 0 spiro atoms. The molecule has 1 rings (SSSR count). The molecular formula is C11H24N2. The van der Waals surface area contributed by atoms with E-state index in [1.165, 1.54) is 38.5 Å². The summed E-state index contributed by atoms with van der Waals surface area (Å²) in [6, 6.07) is 1.18. The number of nitrogens with two attached hydrogens (primary N) is 1. The second-order valence-electron chi connectivity index (χ2n) is 4.41. The lowest BCUT2D eigenvalue weighted by molar-refractivity contribution is 0.369. The average molecular weight is 184 g/mol. The minimum Gasteiger partial charge on any atom is -0.328 e. The van der Waals surface area contributed by atoms with Crippen molar-refractivity contribution in [2.45, 2.75) is 64.0 Å². The summed E-state index contributed by atoms with van der Waals surface area (Å²) < 4.78 is 0. The van der Waals surface area contributed by atoms with Crippen LogP contribution in [0.1, 0.15) is 51.9 Å². The van der Waals surface area contributed by atoms with E-state index in [4.69, 9.17) is 5.73 Å². The van der Waals surface area contributed by atoms with Crippen LogP contribution in [0.4, 0.5) is 0 Å². The SMILES string of the molecule is CC(N)CCCNC1CCCCC1. The molecule has 0 saturated heterocycles. The third-order valence-electron chi connectivity index (χ3n) is 2.87. The highest BCUT2D eigenvalue weighted by Crippen LogP contribution is 2.17. The maximum absolute atomic E-state index is 5.68. The van der Waals surface area contributed by atoms with Gasteiger partial charge in [0.25, 0.3) is 0 Å². The Morgan fingerprint density at radius 3 is 2.62 bits per heavy atom. The quantitative estimate of drug-likeness (QED) is 0.642. The number of rotatable bonds is 5. The van der Waals surface area contributed by atoms with Crippen LogP contribution < -0.4 is 11.1 Å². The van der Waals surface area contributed by atoms with Gasteiger partial charge < -0.3 is 11.1 Å². The molecule has 1 unspecified atom stereocenters. The highest BCUT2D eigenvalue weighted by Gasteiger charge is 2.11. The van der Waals surface area contributed by atoms with E-state index in [2.05, 4.69) is 12.2 Å². The molecule has 1 atom stereocenters. The summed E-state index contributed by atoms with van der Waals surface area (Å²) in [5.74, 6) is 0. The fraction of sp³-hybridized carbons (Fsp3) is 1.00. The molecule has 0 aromatic heterocycles. The normalized spacial score (nSPS) is 21.7. The zero-order valence-corrected chi connectivity index (χ0v) is 8.89. The van der Waals surface area contributed by atoms with Gasteiger partial charge in [-0.05, 0) is 39.2 Å². The van der Waals surface area contributed by atoms with E-state index >= 15 is 0 Å². The molecule has 0 aromatic rings. The Balaban J connectivity index is 1.92. The van der Waals surface area contributed by atoms with Crippen molar-refractivity contribution in [3.05, 3.63) is 0 Å². The van der Waals surface area contributed by atoms with Gasteiger partial charge in [0.05, 0.1) is 0 Å². The van der Waals surface area contributed by atoms with E-state index in [0.717, 1.165) is 19.0 Å². The van der Waals surface area contributed by atoms with Crippen molar-refractivity contribution < 1.29 is 0 Å². The zero-order valence-electron chi connectivity index (χ0n) is 8.89. The van der Waals surface area contributed by atoms with Crippen molar-refractivity contribution in [1.82, 2.24) is 5.32 Å². The van der Waals surface area contributed by atoms with Gasteiger partial charge in [-0.25, -0.2) is 0 Å². The minimum absolute atomic E-state index is 0.369. The lowest BCUT2D eigenvalue weighted by Gasteiger charge is -2.22. The largest absolute Gasteiger partial charge is 0.328 e. The maximum Gasteiger partial charge on any atom is 0.00670 e. The van der Waals surface area contributed by atoms with Crippen LogP contribution in [0.5, 0.6) is 0 Å². The van der Waals surface area contributed by atoms with Crippen molar-refractivity contribution >= 4 is 0 Å². The Hall–Kier alpha value is -0.0800. The molecule has 0 heterocycles. The molecule has 0 bridgehead atoms. The predicted molar refractivity (Wildman–Crippen MR) is 57.8 cm³/mol. The third-order valence-corrected chi connectivity index (χ3v) is 2.87. The molecule has 1 saturated carbocycles. The highest BCUT2D eigenvalue weighted by molar-refractivity contribution is 4.71. The van der Waals surface area contributed by atoms with E-state index in [0.29, 0.717) is 6.04 Å². The van der Waals surface area contributed by atoms with Crippen molar-refractivity contribution in [3.8, 4) is 0 Å². The predicted octanol–water partition coefficient (Wildman–Crippen LogP) is 2.04. The fourth-order valence-corrected chi connectivity index (χ4v) is 2.04. The molecule has 0 aromatic carbocycles. The molecule has 1 fully saturated rings. The number of hydrogen-bond acceptors (Lipinski definition) is 2. The van der Waals surface area contributed by atoms with Crippen LogP contribution in [0, 0.1) is 0 Å². The van der Waals surface area contributed by atoms with Crippen molar-refractivity contribution in [2.24, 2.45) is 5.73 Å². The van der Waals surface area contributed by atoms with Crippen LogP contribution in [0.3, 0.4) is 0 Å². The van der Waals surface area contributed by atoms with E-state index in [-0.39, 0.29) is 0 Å². The van der Waals surface area contributed by atoms with Gasteiger partial charge in [0, 0.05) is 12.1 Å². The van der Waals surface area contributed by atoms with E-state index < -0.39 is 0 Å². The first-order valence-corrected chi connectivity index (χ1v) is 5.78. The summed E-state index contributed by atoms with van der Waals surface area (Å²) in [5, 5.41) is 3.62. The second-order valence-corrected chi connectivity index (χ2v) is 4.41. The lowest BCUT2D eigenvalue weighted by atomic mass is 9.95. The molecule has 78 valence electrons. The molecule has 3 N–H and O–H groups in total. The van der Waals surface area contributed by atoms with Crippen LogP contribution in [0.25, 0.3) is 0 Å². The number of hydrogen-bond donors (Lipinski definition) is 2. The van der Waals surface area contributed by atoms with Gasteiger partial charge in [0.2, 0.25) is 0 Å². The first kappa shape index (κ1) is 11.0. The molecule has 0 amide bonds. The first-order chi connectivity index (χ1) is 6.29. The van der Waals surface area contributed by atoms with Gasteiger partial charge in [-0.2, -0.15) is 0 Å². The minimum atomic E-state index is 0.369. The van der Waals surface area contributed by atoms with Crippen LogP contribution in [0.15, 0.2) is 0 Å². The standard InChI is InChI=1S/C11H24N2/c1-10(12)6-5-9-13-11-7-3-2-4-8-11/h10-11,13H,2-9,12H2,1H3. The monoisotopic (exact) mass is 184 g/mol. The Labute approximate surface area is 82.3 Å². The van der Waals surface area contributed by atoms with E-state index in [1.807, 2.05) is 0 Å². The van der Waals surface area contributed by atoms with Gasteiger partial charge in [-0.3, -0.25) is 0 Å². The van der Waals surface area contributed by atoms with Crippen LogP contribution in [-0.2, 0) is 0 Å². The molecule has 2 nitrogen and oxygen atoms in total. The van der Waals surface area contributed by atoms with E-state index in [9.17, 15) is 0 Å². The summed E-state index contributed by atoms with van der Waals surface area (Å²) in [6.45, 7) is 3.24. The molecule has 0 radical (unpaired) electrons. The molecule has 0 aliphatic heterocycles. The van der Waals surface area contributed by atoms with Crippen molar-refractivity contribution in [1.29, 1.82) is 0 Å². The van der Waals surface area contributed by atoms with Gasteiger partial charge in [-0.1, -0.05) is 19.3 Å².